The molecule has 1 aliphatic rings. The lowest BCUT2D eigenvalue weighted by Crippen LogP contribution is -2.36. The number of nitrogens with zero attached hydrogens (tertiary/aromatic N) is 1. The van der Waals surface area contributed by atoms with Gasteiger partial charge >= 0.3 is 11.9 Å². The van der Waals surface area contributed by atoms with Crippen LogP contribution in [0.1, 0.15) is 56.9 Å². The number of hydrogen-bond acceptors (Lipinski definition) is 4. The molecule has 0 aromatic heterocycles. The second-order valence-corrected chi connectivity index (χ2v) is 8.06. The number of rotatable bonds is 13. The van der Waals surface area contributed by atoms with Gasteiger partial charge in [-0.25, -0.2) is 0 Å². The molecular formula is C25H33F2NO4. The van der Waals surface area contributed by atoms with Crippen molar-refractivity contribution in [3.8, 4) is 0 Å². The van der Waals surface area contributed by atoms with Crippen LogP contribution in [0.25, 0.3) is 6.08 Å². The molecule has 0 unspecified atom stereocenters. The molecule has 2 rings (SSSR count). The molecule has 7 heteroatoms. The second-order valence-electron chi connectivity index (χ2n) is 8.06. The number of carbonyl (C=O) groups excluding carboxylic acids is 2. The number of allylic oxidation sites excluding steroid dienone is 1. The van der Waals surface area contributed by atoms with Crippen LogP contribution in [0, 0.1) is 0 Å². The molecular weight excluding hydrogens is 416 g/mol. The zero-order chi connectivity index (χ0) is 23.4. The Morgan fingerprint density at radius 1 is 1.25 bits per heavy atom. The van der Waals surface area contributed by atoms with Gasteiger partial charge < -0.3 is 14.7 Å². The maximum atomic E-state index is 14.0. The fourth-order valence-corrected chi connectivity index (χ4v) is 3.67. The SMILES string of the molecule is COC(=O)CCCCCCN1C(=O)C(F)(F)C[C@@H]1/C=C/[C@H](O)CC/C=C/c1ccccc1. The molecule has 0 aliphatic carbocycles. The number of ether oxygens (including phenoxy) is 1. The van der Waals surface area contributed by atoms with E-state index in [1.807, 2.05) is 42.5 Å². The zero-order valence-corrected chi connectivity index (χ0v) is 18.6. The van der Waals surface area contributed by atoms with Crippen LogP contribution in [0.15, 0.2) is 48.6 Å². The highest BCUT2D eigenvalue weighted by Crippen LogP contribution is 2.34. The van der Waals surface area contributed by atoms with Gasteiger partial charge in [0.05, 0.1) is 19.3 Å². The molecule has 1 N–H and O–H groups in total. The average molecular weight is 450 g/mol. The predicted molar refractivity (Wildman–Crippen MR) is 120 cm³/mol. The van der Waals surface area contributed by atoms with Crippen molar-refractivity contribution < 1.29 is 28.2 Å². The Labute approximate surface area is 188 Å². The number of amides is 1. The van der Waals surface area contributed by atoms with Crippen molar-refractivity contribution in [2.45, 2.75) is 69.4 Å². The number of unbranched alkanes of at least 4 members (excludes halogenated alkanes) is 3. The summed E-state index contributed by atoms with van der Waals surface area (Å²) in [5.41, 5.74) is 1.07. The van der Waals surface area contributed by atoms with Gasteiger partial charge in [-0.15, -0.1) is 0 Å². The summed E-state index contributed by atoms with van der Waals surface area (Å²) < 4.78 is 32.5. The van der Waals surface area contributed by atoms with Gasteiger partial charge in [-0.2, -0.15) is 8.78 Å². The number of aliphatic hydroxyl groups excluding tert-OH is 1. The Balaban J connectivity index is 1.77. The normalized spacial score (nSPS) is 19.2. The van der Waals surface area contributed by atoms with Crippen LogP contribution in [-0.4, -0.2) is 53.6 Å². The van der Waals surface area contributed by atoms with Gasteiger partial charge in [0.2, 0.25) is 0 Å². The van der Waals surface area contributed by atoms with Crippen molar-refractivity contribution in [3.05, 3.63) is 54.1 Å². The van der Waals surface area contributed by atoms with Gasteiger partial charge in [0.25, 0.3) is 5.91 Å². The number of likely N-dealkylation sites (tertiary alicyclic amines) is 1. The van der Waals surface area contributed by atoms with Gasteiger partial charge in [0.1, 0.15) is 0 Å². The van der Waals surface area contributed by atoms with Crippen molar-refractivity contribution in [1.82, 2.24) is 4.90 Å². The minimum absolute atomic E-state index is 0.234. The first-order valence-corrected chi connectivity index (χ1v) is 11.2. The van der Waals surface area contributed by atoms with Crippen molar-refractivity contribution in [3.63, 3.8) is 0 Å². The van der Waals surface area contributed by atoms with Crippen LogP contribution in [0.2, 0.25) is 0 Å². The monoisotopic (exact) mass is 449 g/mol. The van der Waals surface area contributed by atoms with Gasteiger partial charge in [0, 0.05) is 19.4 Å². The summed E-state index contributed by atoms with van der Waals surface area (Å²) in [6, 6.07) is 9.09. The van der Waals surface area contributed by atoms with Crippen LogP contribution in [0.4, 0.5) is 8.78 Å². The molecule has 1 amide bonds. The number of esters is 1. The Morgan fingerprint density at radius 3 is 2.69 bits per heavy atom. The Morgan fingerprint density at radius 2 is 1.97 bits per heavy atom. The minimum atomic E-state index is -3.37. The Bertz CT molecular complexity index is 779. The molecule has 1 aromatic carbocycles. The number of benzene rings is 1. The lowest BCUT2D eigenvalue weighted by molar-refractivity contribution is -0.148. The van der Waals surface area contributed by atoms with Gasteiger partial charge in [-0.1, -0.05) is 67.5 Å². The van der Waals surface area contributed by atoms with E-state index in [4.69, 9.17) is 0 Å². The van der Waals surface area contributed by atoms with E-state index in [1.165, 1.54) is 24.2 Å². The quantitative estimate of drug-likeness (QED) is 0.268. The Hall–Kier alpha value is -2.54. The van der Waals surface area contributed by atoms with Crippen LogP contribution >= 0.6 is 0 Å². The molecule has 0 bridgehead atoms. The van der Waals surface area contributed by atoms with Crippen LogP contribution in [0.3, 0.4) is 0 Å². The van der Waals surface area contributed by atoms with Gasteiger partial charge in [-0.3, -0.25) is 9.59 Å². The third-order valence-corrected chi connectivity index (χ3v) is 5.49. The average Bonchev–Trinajstić information content (AvgIpc) is 3.00. The molecule has 32 heavy (non-hydrogen) atoms. The maximum absolute atomic E-state index is 14.0. The topological polar surface area (TPSA) is 66.8 Å². The Kier molecular flexibility index (Phi) is 10.5. The van der Waals surface area contributed by atoms with Crippen molar-refractivity contribution in [2.75, 3.05) is 13.7 Å². The molecule has 1 aromatic rings. The summed E-state index contributed by atoms with van der Waals surface area (Å²) in [7, 11) is 1.34. The first-order chi connectivity index (χ1) is 15.3. The lowest BCUT2D eigenvalue weighted by Gasteiger charge is -2.22. The molecule has 0 saturated carbocycles. The summed E-state index contributed by atoms with van der Waals surface area (Å²) in [6.45, 7) is 0.234. The van der Waals surface area contributed by atoms with Crippen molar-refractivity contribution in [1.29, 1.82) is 0 Å². The van der Waals surface area contributed by atoms with Crippen molar-refractivity contribution >= 4 is 18.0 Å². The lowest BCUT2D eigenvalue weighted by atomic mass is 10.1. The first-order valence-electron chi connectivity index (χ1n) is 11.2. The molecule has 0 spiro atoms. The van der Waals surface area contributed by atoms with Crippen LogP contribution < -0.4 is 0 Å². The minimum Gasteiger partial charge on any atom is -0.469 e. The van der Waals surface area contributed by atoms with E-state index in [9.17, 15) is 23.5 Å². The zero-order valence-electron chi connectivity index (χ0n) is 18.6. The summed E-state index contributed by atoms with van der Waals surface area (Å²) in [5, 5.41) is 10.2. The number of hydrogen-bond donors (Lipinski definition) is 1. The van der Waals surface area contributed by atoms with E-state index in [-0.39, 0.29) is 12.5 Å². The van der Waals surface area contributed by atoms with Crippen LogP contribution in [0.5, 0.6) is 0 Å². The number of alkyl halides is 2. The fraction of sp³-hybridized carbons (Fsp3) is 0.520. The third-order valence-electron chi connectivity index (χ3n) is 5.49. The summed E-state index contributed by atoms with van der Waals surface area (Å²) in [6.07, 6.45) is 9.86. The van der Waals surface area contributed by atoms with Gasteiger partial charge in [-0.05, 0) is 31.2 Å². The molecule has 0 radical (unpaired) electrons. The summed E-state index contributed by atoms with van der Waals surface area (Å²) in [4.78, 5) is 24.4. The first kappa shape index (κ1) is 25.7. The fourth-order valence-electron chi connectivity index (χ4n) is 3.67. The maximum Gasteiger partial charge on any atom is 0.327 e. The van der Waals surface area contributed by atoms with E-state index in [0.29, 0.717) is 32.1 Å². The van der Waals surface area contributed by atoms with Crippen LogP contribution in [-0.2, 0) is 14.3 Å². The number of methoxy groups -OCH3 is 1. The van der Waals surface area contributed by atoms with E-state index in [2.05, 4.69) is 4.74 Å². The standard InChI is InChI=1S/C25H33F2NO4/c1-32-23(30)15-7-2-3-10-18-28-21(19-25(26,27)24(28)31)16-17-22(29)14-9-8-13-20-11-5-4-6-12-20/h4-6,8,11-13,16-17,21-22,29H,2-3,7,9-10,14-15,18-19H2,1H3/b13-8+,17-16+/t21-,22+/m0/s1. The molecule has 176 valence electrons. The second kappa shape index (κ2) is 13.1. The highest BCUT2D eigenvalue weighted by Gasteiger charge is 2.52. The molecule has 1 aliphatic heterocycles. The molecule has 1 fully saturated rings. The molecule has 1 saturated heterocycles. The number of carbonyl (C=O) groups is 2. The molecule has 5 nitrogen and oxygen atoms in total. The highest BCUT2D eigenvalue weighted by molar-refractivity contribution is 5.86. The van der Waals surface area contributed by atoms with E-state index in [0.717, 1.165) is 18.4 Å². The number of halogens is 2. The van der Waals surface area contributed by atoms with Gasteiger partial charge in [0.15, 0.2) is 0 Å². The predicted octanol–water partition coefficient (Wildman–Crippen LogP) is 4.76. The van der Waals surface area contributed by atoms with E-state index < -0.39 is 30.4 Å². The summed E-state index contributed by atoms with van der Waals surface area (Å²) >= 11 is 0. The molecule has 1 heterocycles. The summed E-state index contributed by atoms with van der Waals surface area (Å²) in [5.74, 6) is -4.79. The third kappa shape index (κ3) is 8.54. The van der Waals surface area contributed by atoms with Crippen molar-refractivity contribution in [2.24, 2.45) is 0 Å². The van der Waals surface area contributed by atoms with E-state index in [1.54, 1.807) is 0 Å². The molecule has 2 atom stereocenters. The largest absolute Gasteiger partial charge is 0.469 e. The van der Waals surface area contributed by atoms with E-state index >= 15 is 0 Å². The number of aliphatic hydroxyl groups is 1. The smallest absolute Gasteiger partial charge is 0.327 e. The highest BCUT2D eigenvalue weighted by atomic mass is 19.3.